The van der Waals surface area contributed by atoms with Crippen molar-refractivity contribution < 1.29 is 14.4 Å². The Morgan fingerprint density at radius 3 is 2.24 bits per heavy atom. The van der Waals surface area contributed by atoms with Gasteiger partial charge >= 0.3 is 0 Å². The number of nitrogens with one attached hydrogen (secondary N) is 3. The molecule has 1 aliphatic heterocycles. The van der Waals surface area contributed by atoms with Gasteiger partial charge in [0.25, 0.3) is 11.8 Å². The Kier molecular flexibility index (Phi) is 6.30. The van der Waals surface area contributed by atoms with Crippen LogP contribution >= 0.6 is 0 Å². The number of hydrogen-bond acceptors (Lipinski definition) is 7. The number of carbonyl (C=O) groups is 3. The molecule has 2 aromatic carbocycles. The van der Waals surface area contributed by atoms with Crippen molar-refractivity contribution in [3.05, 3.63) is 77.0 Å². The average molecular weight is 444 g/mol. The smallest absolute Gasteiger partial charge is 0.262 e. The van der Waals surface area contributed by atoms with Crippen LogP contribution in [0.15, 0.2) is 54.6 Å². The Labute approximate surface area is 191 Å². The van der Waals surface area contributed by atoms with Gasteiger partial charge in [-0.3, -0.25) is 19.3 Å². The van der Waals surface area contributed by atoms with E-state index in [1.165, 1.54) is 5.56 Å². The molecule has 33 heavy (non-hydrogen) atoms. The number of amides is 3. The number of benzene rings is 2. The van der Waals surface area contributed by atoms with Crippen LogP contribution in [0.1, 0.15) is 32.0 Å². The molecule has 2 heterocycles. The molecular weight excluding hydrogens is 420 g/mol. The van der Waals surface area contributed by atoms with Crippen LogP contribution in [0.2, 0.25) is 0 Å². The fourth-order valence-corrected chi connectivity index (χ4v) is 3.45. The molecule has 0 saturated heterocycles. The van der Waals surface area contributed by atoms with Gasteiger partial charge in [0.15, 0.2) is 0 Å². The number of aromatic nitrogens is 2. The lowest BCUT2D eigenvalue weighted by atomic mass is 10.1. The maximum absolute atomic E-state index is 12.4. The van der Waals surface area contributed by atoms with Gasteiger partial charge in [0.2, 0.25) is 11.9 Å². The van der Waals surface area contributed by atoms with Crippen LogP contribution in [-0.4, -0.2) is 52.2 Å². The lowest BCUT2D eigenvalue weighted by Crippen LogP contribution is -2.41. The van der Waals surface area contributed by atoms with E-state index in [4.69, 9.17) is 0 Å². The minimum atomic E-state index is -0.453. The molecule has 0 atom stereocenters. The van der Waals surface area contributed by atoms with E-state index in [0.717, 1.165) is 16.3 Å². The molecule has 3 amide bonds. The van der Waals surface area contributed by atoms with E-state index in [1.807, 2.05) is 44.2 Å². The van der Waals surface area contributed by atoms with Crippen LogP contribution in [-0.2, 0) is 4.79 Å². The fourth-order valence-electron chi connectivity index (χ4n) is 3.45. The second-order valence-corrected chi connectivity index (χ2v) is 7.73. The van der Waals surface area contributed by atoms with Gasteiger partial charge in [0, 0.05) is 30.5 Å². The van der Waals surface area contributed by atoms with Gasteiger partial charge in [-0.2, -0.15) is 4.98 Å². The van der Waals surface area contributed by atoms with Crippen LogP contribution < -0.4 is 16.0 Å². The summed E-state index contributed by atoms with van der Waals surface area (Å²) in [4.78, 5) is 46.7. The van der Waals surface area contributed by atoms with Crippen LogP contribution in [0.4, 0.5) is 17.5 Å². The summed E-state index contributed by atoms with van der Waals surface area (Å²) in [7, 11) is 0. The molecule has 0 aliphatic carbocycles. The normalized spacial score (nSPS) is 12.5. The van der Waals surface area contributed by atoms with E-state index in [9.17, 15) is 14.4 Å². The molecule has 9 heteroatoms. The van der Waals surface area contributed by atoms with Crippen molar-refractivity contribution in [3.63, 3.8) is 0 Å². The zero-order valence-electron chi connectivity index (χ0n) is 18.4. The van der Waals surface area contributed by atoms with E-state index >= 15 is 0 Å². The predicted octanol–water partition coefficient (Wildman–Crippen LogP) is 2.66. The summed E-state index contributed by atoms with van der Waals surface area (Å²) in [6, 6.07) is 16.4. The Bertz CT molecular complexity index is 1170. The lowest BCUT2D eigenvalue weighted by Gasteiger charge is -2.14. The Morgan fingerprint density at radius 1 is 0.909 bits per heavy atom. The first kappa shape index (κ1) is 21.9. The van der Waals surface area contributed by atoms with E-state index in [0.29, 0.717) is 29.4 Å². The van der Waals surface area contributed by atoms with Crippen molar-refractivity contribution in [2.75, 3.05) is 30.3 Å². The lowest BCUT2D eigenvalue weighted by molar-refractivity contribution is -0.121. The van der Waals surface area contributed by atoms with Gasteiger partial charge in [0.1, 0.15) is 12.4 Å². The highest BCUT2D eigenvalue weighted by molar-refractivity contribution is 6.22. The summed E-state index contributed by atoms with van der Waals surface area (Å²) in [6.07, 6.45) is 0. The summed E-state index contributed by atoms with van der Waals surface area (Å²) < 4.78 is 0. The van der Waals surface area contributed by atoms with Crippen molar-refractivity contribution in [3.8, 4) is 0 Å². The molecule has 0 fully saturated rings. The zero-order chi connectivity index (χ0) is 23.4. The monoisotopic (exact) mass is 444 g/mol. The molecule has 0 unspecified atom stereocenters. The van der Waals surface area contributed by atoms with Crippen molar-refractivity contribution >= 4 is 35.2 Å². The first-order valence-corrected chi connectivity index (χ1v) is 10.6. The Hall–Kier alpha value is -4.27. The van der Waals surface area contributed by atoms with Gasteiger partial charge < -0.3 is 16.0 Å². The summed E-state index contributed by atoms with van der Waals surface area (Å²) in [6.45, 7) is 4.23. The number of imide groups is 1. The topological polar surface area (TPSA) is 116 Å². The Balaban J connectivity index is 1.26. The second kappa shape index (κ2) is 9.47. The molecule has 0 bridgehead atoms. The van der Waals surface area contributed by atoms with E-state index in [1.54, 1.807) is 24.3 Å². The largest absolute Gasteiger partial charge is 0.353 e. The number of hydrogen-bond donors (Lipinski definition) is 3. The summed E-state index contributed by atoms with van der Waals surface area (Å²) in [5.74, 6) is -0.239. The molecule has 0 spiro atoms. The van der Waals surface area contributed by atoms with E-state index < -0.39 is 17.7 Å². The van der Waals surface area contributed by atoms with Crippen molar-refractivity contribution in [1.29, 1.82) is 0 Å². The average Bonchev–Trinajstić information content (AvgIpc) is 3.03. The molecule has 3 N–H and O–H groups in total. The predicted molar refractivity (Wildman–Crippen MR) is 125 cm³/mol. The maximum atomic E-state index is 12.4. The highest BCUT2D eigenvalue weighted by Gasteiger charge is 2.36. The molecule has 4 rings (SSSR count). The first-order chi connectivity index (χ1) is 15.9. The van der Waals surface area contributed by atoms with Crippen LogP contribution in [0.25, 0.3) is 0 Å². The summed E-state index contributed by atoms with van der Waals surface area (Å²) in [5.41, 5.74) is 3.53. The maximum Gasteiger partial charge on any atom is 0.262 e. The SMILES string of the molecule is Cc1ccc(Nc2cc(C)nc(NCCNC(=O)CN3C(=O)c4ccccc4C3=O)n2)cc1. The van der Waals surface area contributed by atoms with Gasteiger partial charge in [-0.15, -0.1) is 0 Å². The highest BCUT2D eigenvalue weighted by atomic mass is 16.2. The Morgan fingerprint density at radius 2 is 1.58 bits per heavy atom. The third-order valence-electron chi connectivity index (χ3n) is 5.09. The highest BCUT2D eigenvalue weighted by Crippen LogP contribution is 2.22. The van der Waals surface area contributed by atoms with Gasteiger partial charge in [-0.25, -0.2) is 4.98 Å². The zero-order valence-corrected chi connectivity index (χ0v) is 18.4. The van der Waals surface area contributed by atoms with E-state index in [-0.39, 0.29) is 13.1 Å². The molecule has 0 saturated carbocycles. The number of anilines is 3. The van der Waals surface area contributed by atoms with Crippen molar-refractivity contribution in [1.82, 2.24) is 20.2 Å². The standard InChI is InChI=1S/C24H24N6O3/c1-15-7-9-17(10-8-15)28-20-13-16(2)27-24(29-20)26-12-11-25-21(31)14-30-22(32)18-5-3-4-6-19(18)23(30)33/h3-10,13H,11-12,14H2,1-2H3,(H,25,31)(H2,26,27,28,29). The quantitative estimate of drug-likeness (QED) is 0.361. The first-order valence-electron chi connectivity index (χ1n) is 10.6. The van der Waals surface area contributed by atoms with Gasteiger partial charge in [-0.05, 0) is 38.1 Å². The number of carbonyl (C=O) groups excluding carboxylic acids is 3. The second-order valence-electron chi connectivity index (χ2n) is 7.73. The number of rotatable bonds is 8. The minimum Gasteiger partial charge on any atom is -0.353 e. The van der Waals surface area contributed by atoms with Crippen molar-refractivity contribution in [2.24, 2.45) is 0 Å². The molecule has 168 valence electrons. The summed E-state index contributed by atoms with van der Waals surface area (Å²) >= 11 is 0. The number of nitrogens with zero attached hydrogens (tertiary/aromatic N) is 3. The van der Waals surface area contributed by atoms with Crippen LogP contribution in [0.5, 0.6) is 0 Å². The van der Waals surface area contributed by atoms with Gasteiger partial charge in [-0.1, -0.05) is 29.8 Å². The third-order valence-corrected chi connectivity index (χ3v) is 5.09. The van der Waals surface area contributed by atoms with E-state index in [2.05, 4.69) is 25.9 Å². The summed E-state index contributed by atoms with van der Waals surface area (Å²) in [5, 5.41) is 9.03. The minimum absolute atomic E-state index is 0.278. The molecule has 1 aliphatic rings. The molecule has 9 nitrogen and oxygen atoms in total. The number of fused-ring (bicyclic) bond motifs is 1. The third kappa shape index (κ3) is 5.15. The number of aryl methyl sites for hydroxylation is 2. The van der Waals surface area contributed by atoms with Crippen LogP contribution in [0, 0.1) is 13.8 Å². The van der Waals surface area contributed by atoms with Crippen LogP contribution in [0.3, 0.4) is 0 Å². The van der Waals surface area contributed by atoms with Crippen molar-refractivity contribution in [2.45, 2.75) is 13.8 Å². The molecule has 3 aromatic rings. The molecule has 1 aromatic heterocycles. The van der Waals surface area contributed by atoms with Gasteiger partial charge in [0.05, 0.1) is 11.1 Å². The fraction of sp³-hybridized carbons (Fsp3) is 0.208. The molecular formula is C24H24N6O3. The molecule has 0 radical (unpaired) electrons.